The molecule has 2 atom stereocenters. The van der Waals surface area contributed by atoms with Crippen LogP contribution in [0.15, 0.2) is 48.5 Å². The maximum atomic E-state index is 5.87. The lowest BCUT2D eigenvalue weighted by molar-refractivity contribution is 0.990. The Labute approximate surface area is 126 Å². The lowest BCUT2D eigenvalue weighted by Gasteiger charge is -2.08. The smallest absolute Gasteiger partial charge is 0.0400 e. The zero-order valence-electron chi connectivity index (χ0n) is 11.7. The van der Waals surface area contributed by atoms with Crippen molar-refractivity contribution in [3.05, 3.63) is 65.2 Å². The molecule has 0 radical (unpaired) electrons. The van der Waals surface area contributed by atoms with Gasteiger partial charge in [0.15, 0.2) is 0 Å². The number of hydrogen-bond donors (Lipinski definition) is 2. The summed E-state index contributed by atoms with van der Waals surface area (Å²) in [4.78, 5) is 0. The molecule has 2 nitrogen and oxygen atoms in total. The Morgan fingerprint density at radius 2 is 1.65 bits per heavy atom. The minimum absolute atomic E-state index is 0. The molecule has 3 heteroatoms. The van der Waals surface area contributed by atoms with Gasteiger partial charge in [-0.1, -0.05) is 42.0 Å². The second-order valence-electron chi connectivity index (χ2n) is 5.47. The number of nitrogens with two attached hydrogens (primary N) is 1. The Hall–Kier alpha value is -1.51. The molecule has 0 unspecified atom stereocenters. The van der Waals surface area contributed by atoms with Crippen molar-refractivity contribution in [3.63, 3.8) is 0 Å². The Bertz CT molecular complexity index is 548. The number of rotatable bonds is 4. The normalized spacial score (nSPS) is 20.1. The van der Waals surface area contributed by atoms with Crippen molar-refractivity contribution < 1.29 is 0 Å². The molecule has 2 aromatic rings. The number of hydrogen-bond acceptors (Lipinski definition) is 2. The molecule has 20 heavy (non-hydrogen) atoms. The van der Waals surface area contributed by atoms with Crippen LogP contribution in [0.1, 0.15) is 29.0 Å². The molecule has 1 aliphatic carbocycles. The van der Waals surface area contributed by atoms with Crippen LogP contribution in [0.5, 0.6) is 0 Å². The summed E-state index contributed by atoms with van der Waals surface area (Å²) in [7, 11) is 0. The highest BCUT2D eigenvalue weighted by molar-refractivity contribution is 5.85. The van der Waals surface area contributed by atoms with Gasteiger partial charge in [-0.3, -0.25) is 0 Å². The standard InChI is InChI=1S/C17H20N2.ClH/c1-12-2-4-13(5-3-12)11-19-15-8-6-14(7-9-15)16-10-17(16)18;/h2-9,16-17,19H,10-11,18H2,1H3;1H/t16-,17+;/m1./s1. The molecule has 1 saturated carbocycles. The third-order valence-electron chi connectivity index (χ3n) is 3.80. The molecule has 0 spiro atoms. The zero-order valence-corrected chi connectivity index (χ0v) is 12.5. The van der Waals surface area contributed by atoms with Crippen LogP contribution in [-0.2, 0) is 6.54 Å². The Kier molecular flexibility index (Phi) is 4.69. The van der Waals surface area contributed by atoms with Gasteiger partial charge in [0.1, 0.15) is 0 Å². The minimum Gasteiger partial charge on any atom is -0.381 e. The van der Waals surface area contributed by atoms with Crippen molar-refractivity contribution in [2.75, 3.05) is 5.32 Å². The molecule has 1 fully saturated rings. The fourth-order valence-electron chi connectivity index (χ4n) is 2.36. The molecular formula is C17H21ClN2. The number of anilines is 1. The summed E-state index contributed by atoms with van der Waals surface area (Å²) in [5, 5.41) is 3.45. The van der Waals surface area contributed by atoms with Crippen LogP contribution in [-0.4, -0.2) is 6.04 Å². The topological polar surface area (TPSA) is 38.0 Å². The highest BCUT2D eigenvalue weighted by atomic mass is 35.5. The van der Waals surface area contributed by atoms with E-state index in [-0.39, 0.29) is 12.4 Å². The van der Waals surface area contributed by atoms with E-state index in [1.165, 1.54) is 22.4 Å². The van der Waals surface area contributed by atoms with Gasteiger partial charge in [-0.15, -0.1) is 12.4 Å². The van der Waals surface area contributed by atoms with E-state index < -0.39 is 0 Å². The first kappa shape index (κ1) is 14.9. The fourth-order valence-corrected chi connectivity index (χ4v) is 2.36. The summed E-state index contributed by atoms with van der Waals surface area (Å²) < 4.78 is 0. The predicted octanol–water partition coefficient (Wildman–Crippen LogP) is 3.84. The second kappa shape index (κ2) is 6.29. The van der Waals surface area contributed by atoms with E-state index in [0.717, 1.165) is 13.0 Å². The number of benzene rings is 2. The van der Waals surface area contributed by atoms with E-state index in [2.05, 4.69) is 60.8 Å². The largest absolute Gasteiger partial charge is 0.381 e. The van der Waals surface area contributed by atoms with Gasteiger partial charge in [0.05, 0.1) is 0 Å². The average molecular weight is 289 g/mol. The van der Waals surface area contributed by atoms with Crippen LogP contribution in [0, 0.1) is 6.92 Å². The molecule has 0 bridgehead atoms. The molecule has 0 aromatic heterocycles. The quantitative estimate of drug-likeness (QED) is 0.897. The van der Waals surface area contributed by atoms with Crippen LogP contribution >= 0.6 is 12.4 Å². The third-order valence-corrected chi connectivity index (χ3v) is 3.80. The van der Waals surface area contributed by atoms with Crippen molar-refractivity contribution in [2.24, 2.45) is 5.73 Å². The summed E-state index contributed by atoms with van der Waals surface area (Å²) in [5.41, 5.74) is 11.0. The first-order valence-corrected chi connectivity index (χ1v) is 6.87. The zero-order chi connectivity index (χ0) is 13.2. The van der Waals surface area contributed by atoms with E-state index in [0.29, 0.717) is 12.0 Å². The molecular weight excluding hydrogens is 268 g/mol. The van der Waals surface area contributed by atoms with Gasteiger partial charge in [-0.2, -0.15) is 0 Å². The fraction of sp³-hybridized carbons (Fsp3) is 0.294. The monoisotopic (exact) mass is 288 g/mol. The van der Waals surface area contributed by atoms with E-state index in [9.17, 15) is 0 Å². The molecule has 1 aliphatic rings. The number of nitrogens with one attached hydrogen (secondary N) is 1. The van der Waals surface area contributed by atoms with Crippen LogP contribution in [0.3, 0.4) is 0 Å². The molecule has 2 aromatic carbocycles. The van der Waals surface area contributed by atoms with Crippen LogP contribution in [0.2, 0.25) is 0 Å². The van der Waals surface area contributed by atoms with E-state index in [1.807, 2.05) is 0 Å². The molecule has 106 valence electrons. The minimum atomic E-state index is 0. The summed E-state index contributed by atoms with van der Waals surface area (Å²) >= 11 is 0. The molecule has 0 saturated heterocycles. The van der Waals surface area contributed by atoms with E-state index in [1.54, 1.807) is 0 Å². The van der Waals surface area contributed by atoms with E-state index >= 15 is 0 Å². The molecule has 0 amide bonds. The summed E-state index contributed by atoms with van der Waals surface area (Å²) in [6.07, 6.45) is 1.14. The molecule has 3 N–H and O–H groups in total. The lowest BCUT2D eigenvalue weighted by atomic mass is 10.1. The van der Waals surface area contributed by atoms with Crippen molar-refractivity contribution >= 4 is 18.1 Å². The maximum Gasteiger partial charge on any atom is 0.0400 e. The third kappa shape index (κ3) is 3.53. The van der Waals surface area contributed by atoms with Gasteiger partial charge in [0, 0.05) is 24.2 Å². The van der Waals surface area contributed by atoms with Gasteiger partial charge in [-0.25, -0.2) is 0 Å². The Balaban J connectivity index is 0.00000147. The van der Waals surface area contributed by atoms with Crippen molar-refractivity contribution in [3.8, 4) is 0 Å². The van der Waals surface area contributed by atoms with Crippen molar-refractivity contribution in [2.45, 2.75) is 31.8 Å². The van der Waals surface area contributed by atoms with Crippen LogP contribution in [0.4, 0.5) is 5.69 Å². The van der Waals surface area contributed by atoms with Crippen molar-refractivity contribution in [1.82, 2.24) is 0 Å². The van der Waals surface area contributed by atoms with Gasteiger partial charge in [0.2, 0.25) is 0 Å². The predicted molar refractivity (Wildman–Crippen MR) is 87.5 cm³/mol. The maximum absolute atomic E-state index is 5.87. The van der Waals surface area contributed by atoms with Gasteiger partial charge >= 0.3 is 0 Å². The summed E-state index contributed by atoms with van der Waals surface area (Å²) in [5.74, 6) is 0.589. The summed E-state index contributed by atoms with van der Waals surface area (Å²) in [6, 6.07) is 17.7. The van der Waals surface area contributed by atoms with Gasteiger partial charge < -0.3 is 11.1 Å². The highest BCUT2D eigenvalue weighted by Gasteiger charge is 2.34. The molecule has 0 aliphatic heterocycles. The van der Waals surface area contributed by atoms with Crippen LogP contribution < -0.4 is 11.1 Å². The number of aryl methyl sites for hydroxylation is 1. The molecule has 3 rings (SSSR count). The van der Waals surface area contributed by atoms with Gasteiger partial charge in [-0.05, 0) is 36.6 Å². The number of halogens is 1. The Morgan fingerprint density at radius 3 is 2.20 bits per heavy atom. The van der Waals surface area contributed by atoms with E-state index in [4.69, 9.17) is 5.73 Å². The SMILES string of the molecule is Cc1ccc(CNc2ccc([C@H]3C[C@@H]3N)cc2)cc1.Cl. The lowest BCUT2D eigenvalue weighted by Crippen LogP contribution is -2.01. The van der Waals surface area contributed by atoms with Gasteiger partial charge in [0.25, 0.3) is 0 Å². The second-order valence-corrected chi connectivity index (χ2v) is 5.47. The first-order valence-electron chi connectivity index (χ1n) is 6.87. The highest BCUT2D eigenvalue weighted by Crippen LogP contribution is 2.39. The molecule has 0 heterocycles. The van der Waals surface area contributed by atoms with Crippen molar-refractivity contribution in [1.29, 1.82) is 0 Å². The van der Waals surface area contributed by atoms with Crippen LogP contribution in [0.25, 0.3) is 0 Å². The summed E-state index contributed by atoms with van der Waals surface area (Å²) in [6.45, 7) is 2.97. The first-order chi connectivity index (χ1) is 9.22. The Morgan fingerprint density at radius 1 is 1.05 bits per heavy atom. The average Bonchev–Trinajstić information content (AvgIpc) is 3.16.